The molecule has 1 heterocycles. The third-order valence-corrected chi connectivity index (χ3v) is 5.20. The Labute approximate surface area is 177 Å². The second-order valence-corrected chi connectivity index (χ2v) is 7.18. The normalized spacial score (nSPS) is 19.6. The molecule has 0 aliphatic carbocycles. The molecule has 0 spiro atoms. The van der Waals surface area contributed by atoms with Crippen LogP contribution < -0.4 is 0 Å². The topological polar surface area (TPSA) is 60.8 Å². The molecule has 4 nitrogen and oxygen atoms in total. The van der Waals surface area contributed by atoms with Crippen LogP contribution in [0.1, 0.15) is 42.9 Å². The summed E-state index contributed by atoms with van der Waals surface area (Å²) in [6, 6.07) is 18.3. The van der Waals surface area contributed by atoms with Gasteiger partial charge in [0.2, 0.25) is 0 Å². The fraction of sp³-hybridized carbons (Fsp3) is 0.348. The highest BCUT2D eigenvalue weighted by atomic mass is 79.9. The number of carboxylic acid groups (broad SMARTS) is 1. The van der Waals surface area contributed by atoms with E-state index in [1.54, 1.807) is 6.07 Å². The first-order chi connectivity index (χ1) is 13.1. The van der Waals surface area contributed by atoms with Crippen LogP contribution in [0.3, 0.4) is 0 Å². The minimum atomic E-state index is -0.757. The summed E-state index contributed by atoms with van der Waals surface area (Å²) in [7, 11) is 0. The van der Waals surface area contributed by atoms with Crippen molar-refractivity contribution in [3.05, 3.63) is 77.9 Å². The first-order valence-corrected chi connectivity index (χ1v) is 9.57. The second-order valence-electron chi connectivity index (χ2n) is 7.18. The minimum absolute atomic E-state index is 0. The molecule has 2 unspecified atom stereocenters. The van der Waals surface area contributed by atoms with Crippen molar-refractivity contribution in [1.29, 1.82) is 0 Å². The van der Waals surface area contributed by atoms with Crippen LogP contribution in [0.25, 0.3) is 0 Å². The summed E-state index contributed by atoms with van der Waals surface area (Å²) >= 11 is 0. The Hall–Kier alpha value is -2.11. The van der Waals surface area contributed by atoms with Gasteiger partial charge in [-0.05, 0) is 55.0 Å². The van der Waals surface area contributed by atoms with E-state index in [0.717, 1.165) is 31.5 Å². The summed E-state index contributed by atoms with van der Waals surface area (Å²) in [6.45, 7) is 1.91. The number of likely N-dealkylation sites (tertiary alicyclic amines) is 1. The molecule has 1 saturated heterocycles. The van der Waals surface area contributed by atoms with Crippen LogP contribution in [0.2, 0.25) is 0 Å². The molecule has 0 bridgehead atoms. The third-order valence-electron chi connectivity index (χ3n) is 5.20. The Bertz CT molecular complexity index is 778. The third kappa shape index (κ3) is 6.21. The van der Waals surface area contributed by atoms with Gasteiger partial charge in [0.25, 0.3) is 0 Å². The van der Waals surface area contributed by atoms with Crippen LogP contribution in [0.5, 0.6) is 5.75 Å². The van der Waals surface area contributed by atoms with Crippen molar-refractivity contribution in [2.24, 2.45) is 5.92 Å². The number of nitrogens with zero attached hydrogens (tertiary/aromatic N) is 1. The number of carboxylic acids is 1. The molecule has 1 aliphatic rings. The van der Waals surface area contributed by atoms with E-state index in [1.807, 2.05) is 24.3 Å². The van der Waals surface area contributed by atoms with Crippen LogP contribution in [-0.4, -0.2) is 27.6 Å². The van der Waals surface area contributed by atoms with E-state index in [1.165, 1.54) is 5.56 Å². The van der Waals surface area contributed by atoms with Gasteiger partial charge < -0.3 is 10.2 Å². The lowest BCUT2D eigenvalue weighted by Crippen LogP contribution is -2.25. The second kappa shape index (κ2) is 11.0. The Balaban J connectivity index is 0.00000280. The number of phenols is 1. The maximum absolute atomic E-state index is 10.6. The molecule has 2 aromatic rings. The lowest BCUT2D eigenvalue weighted by Gasteiger charge is -2.28. The number of benzene rings is 2. The summed E-state index contributed by atoms with van der Waals surface area (Å²) in [5, 5.41) is 18.7. The molecule has 1 aliphatic heterocycles. The number of hydrogen-bond donors (Lipinski definition) is 2. The average molecular weight is 446 g/mol. The van der Waals surface area contributed by atoms with Gasteiger partial charge in [-0.3, -0.25) is 9.69 Å². The smallest absolute Gasteiger partial charge is 0.303 e. The SMILES string of the molecule is Br.O=C(O)CC/C=C\CC1CCN(Cc2ccccc2)C1c1cccc(O)c1. The van der Waals surface area contributed by atoms with Crippen molar-refractivity contribution in [3.63, 3.8) is 0 Å². The van der Waals surface area contributed by atoms with E-state index in [4.69, 9.17) is 5.11 Å². The number of halogens is 1. The standard InChI is InChI=1S/C23H27NO3.BrH/c25-21-12-7-11-20(16-21)23-19(10-5-2-6-13-22(26)27)14-15-24(23)17-18-8-3-1-4-9-18;/h1-5,7-9,11-12,16,19,23,25H,6,10,13-15,17H2,(H,26,27);1H/b5-2-;. The first kappa shape index (κ1) is 22.2. The first-order valence-electron chi connectivity index (χ1n) is 9.57. The number of hydrogen-bond acceptors (Lipinski definition) is 3. The van der Waals surface area contributed by atoms with E-state index in [9.17, 15) is 9.90 Å². The Kier molecular flexibility index (Phi) is 8.74. The molecule has 2 aromatic carbocycles. The summed E-state index contributed by atoms with van der Waals surface area (Å²) < 4.78 is 0. The zero-order valence-electron chi connectivity index (χ0n) is 15.9. The van der Waals surface area contributed by atoms with Gasteiger partial charge in [0.1, 0.15) is 5.75 Å². The highest BCUT2D eigenvalue weighted by Gasteiger charge is 2.34. The van der Waals surface area contributed by atoms with E-state index < -0.39 is 5.97 Å². The zero-order chi connectivity index (χ0) is 19.1. The molecule has 2 atom stereocenters. The average Bonchev–Trinajstić information content (AvgIpc) is 3.04. The highest BCUT2D eigenvalue weighted by Crippen LogP contribution is 2.41. The maximum Gasteiger partial charge on any atom is 0.303 e. The lowest BCUT2D eigenvalue weighted by atomic mass is 9.90. The number of aromatic hydroxyl groups is 1. The Morgan fingerprint density at radius 3 is 2.61 bits per heavy atom. The lowest BCUT2D eigenvalue weighted by molar-refractivity contribution is -0.136. The van der Waals surface area contributed by atoms with Crippen LogP contribution in [-0.2, 0) is 11.3 Å². The Morgan fingerprint density at radius 2 is 1.89 bits per heavy atom. The maximum atomic E-state index is 10.6. The minimum Gasteiger partial charge on any atom is -0.508 e. The van der Waals surface area contributed by atoms with Gasteiger partial charge in [-0.15, -0.1) is 17.0 Å². The van der Waals surface area contributed by atoms with Crippen molar-refractivity contribution in [2.45, 2.75) is 38.3 Å². The van der Waals surface area contributed by atoms with Gasteiger partial charge >= 0.3 is 5.97 Å². The van der Waals surface area contributed by atoms with Crippen LogP contribution >= 0.6 is 17.0 Å². The molecule has 0 amide bonds. The number of rotatable bonds is 8. The highest BCUT2D eigenvalue weighted by molar-refractivity contribution is 8.93. The predicted octanol–water partition coefficient (Wildman–Crippen LogP) is 5.34. The van der Waals surface area contributed by atoms with Gasteiger partial charge in [-0.1, -0.05) is 54.6 Å². The van der Waals surface area contributed by atoms with Crippen molar-refractivity contribution in [2.75, 3.05) is 6.54 Å². The Morgan fingerprint density at radius 1 is 1.11 bits per heavy atom. The molecule has 1 fully saturated rings. The number of carbonyl (C=O) groups is 1. The number of phenolic OH excluding ortho intramolecular Hbond substituents is 1. The molecule has 150 valence electrons. The van der Waals surface area contributed by atoms with E-state index in [2.05, 4.69) is 41.3 Å². The fourth-order valence-electron chi connectivity index (χ4n) is 3.96. The van der Waals surface area contributed by atoms with Gasteiger partial charge in [-0.25, -0.2) is 0 Å². The van der Waals surface area contributed by atoms with Crippen molar-refractivity contribution in [1.82, 2.24) is 4.90 Å². The van der Waals surface area contributed by atoms with Gasteiger partial charge in [-0.2, -0.15) is 0 Å². The summed E-state index contributed by atoms with van der Waals surface area (Å²) in [6.07, 6.45) is 6.87. The van der Waals surface area contributed by atoms with E-state index in [0.29, 0.717) is 18.1 Å². The largest absolute Gasteiger partial charge is 0.508 e. The molecular weight excluding hydrogens is 418 g/mol. The summed E-state index contributed by atoms with van der Waals surface area (Å²) in [4.78, 5) is 13.1. The molecule has 3 rings (SSSR count). The van der Waals surface area contributed by atoms with Crippen LogP contribution in [0.4, 0.5) is 0 Å². The van der Waals surface area contributed by atoms with Gasteiger partial charge in [0, 0.05) is 19.0 Å². The quantitative estimate of drug-likeness (QED) is 0.537. The number of aliphatic carboxylic acids is 1. The molecule has 0 aromatic heterocycles. The monoisotopic (exact) mass is 445 g/mol. The molecule has 0 saturated carbocycles. The van der Waals surface area contributed by atoms with Gasteiger partial charge in [0.15, 0.2) is 0 Å². The van der Waals surface area contributed by atoms with Crippen LogP contribution in [0, 0.1) is 5.92 Å². The summed E-state index contributed by atoms with van der Waals surface area (Å²) in [5.41, 5.74) is 2.44. The van der Waals surface area contributed by atoms with E-state index >= 15 is 0 Å². The van der Waals surface area contributed by atoms with Crippen LogP contribution in [0.15, 0.2) is 66.7 Å². The molecular formula is C23H28BrNO3. The molecule has 0 radical (unpaired) electrons. The molecule has 2 N–H and O–H groups in total. The molecule has 5 heteroatoms. The predicted molar refractivity (Wildman–Crippen MR) is 117 cm³/mol. The van der Waals surface area contributed by atoms with Crippen molar-refractivity contribution in [3.8, 4) is 5.75 Å². The van der Waals surface area contributed by atoms with Gasteiger partial charge in [0.05, 0.1) is 0 Å². The van der Waals surface area contributed by atoms with Crippen molar-refractivity contribution < 1.29 is 15.0 Å². The zero-order valence-corrected chi connectivity index (χ0v) is 17.6. The molecule has 28 heavy (non-hydrogen) atoms. The fourth-order valence-corrected chi connectivity index (χ4v) is 3.96. The van der Waals surface area contributed by atoms with Crippen molar-refractivity contribution >= 4 is 23.0 Å². The van der Waals surface area contributed by atoms with E-state index in [-0.39, 0.29) is 29.4 Å². The summed E-state index contributed by atoms with van der Waals surface area (Å²) in [5.74, 6) is -0.00130. The number of allylic oxidation sites excluding steroid dienone is 2.